The Labute approximate surface area is 124 Å². The number of nitrogens with one attached hydrogen (secondary N) is 1. The van der Waals surface area contributed by atoms with Crippen LogP contribution in [0.4, 0.5) is 10.1 Å². The van der Waals surface area contributed by atoms with Gasteiger partial charge in [-0.15, -0.1) is 0 Å². The van der Waals surface area contributed by atoms with Crippen LogP contribution in [-0.2, 0) is 4.79 Å². The lowest BCUT2D eigenvalue weighted by atomic mass is 10.1. The molecule has 1 fully saturated rings. The summed E-state index contributed by atoms with van der Waals surface area (Å²) in [6.07, 6.45) is 1.22. The van der Waals surface area contributed by atoms with Crippen molar-refractivity contribution in [1.29, 1.82) is 0 Å². The predicted molar refractivity (Wildman–Crippen MR) is 81.2 cm³/mol. The van der Waals surface area contributed by atoms with Crippen molar-refractivity contribution < 1.29 is 9.18 Å². The van der Waals surface area contributed by atoms with Crippen molar-refractivity contribution in [2.24, 2.45) is 5.84 Å². The molecular weight excluding hydrogens is 271 g/mol. The number of hydrogen-bond donors (Lipinski definition) is 2. The van der Waals surface area contributed by atoms with Gasteiger partial charge in [0.05, 0.1) is 5.69 Å². The van der Waals surface area contributed by atoms with E-state index in [1.54, 1.807) is 6.07 Å². The van der Waals surface area contributed by atoms with Crippen LogP contribution in [0.3, 0.4) is 0 Å². The second-order valence-electron chi connectivity index (χ2n) is 5.43. The molecule has 1 aliphatic rings. The number of nitrogens with zero attached hydrogens (tertiary/aromatic N) is 2. The van der Waals surface area contributed by atoms with E-state index < -0.39 is 0 Å². The molecular formula is C15H23FN4O. The Bertz CT molecular complexity index is 474. The third kappa shape index (κ3) is 4.15. The number of rotatable bonds is 5. The Morgan fingerprint density at radius 3 is 2.62 bits per heavy atom. The zero-order chi connectivity index (χ0) is 15.2. The van der Waals surface area contributed by atoms with E-state index in [1.165, 1.54) is 6.07 Å². The molecule has 1 aromatic rings. The van der Waals surface area contributed by atoms with E-state index in [2.05, 4.69) is 22.1 Å². The van der Waals surface area contributed by atoms with Gasteiger partial charge in [0.25, 0.3) is 0 Å². The molecule has 0 aromatic heterocycles. The van der Waals surface area contributed by atoms with Gasteiger partial charge in [-0.3, -0.25) is 15.1 Å². The molecule has 0 saturated carbocycles. The largest absolute Gasteiger partial charge is 0.367 e. The Balaban J connectivity index is 1.83. The summed E-state index contributed by atoms with van der Waals surface area (Å²) in [7, 11) is 0. The summed E-state index contributed by atoms with van der Waals surface area (Å²) in [5.74, 6) is 4.78. The van der Waals surface area contributed by atoms with Crippen LogP contribution < -0.4 is 16.2 Å². The molecule has 5 nitrogen and oxygen atoms in total. The number of piperazine rings is 1. The Morgan fingerprint density at radius 2 is 2.00 bits per heavy atom. The topological polar surface area (TPSA) is 61.6 Å². The van der Waals surface area contributed by atoms with Crippen LogP contribution >= 0.6 is 0 Å². The van der Waals surface area contributed by atoms with Crippen LogP contribution in [0.15, 0.2) is 24.3 Å². The lowest BCUT2D eigenvalue weighted by Gasteiger charge is -2.39. The molecule has 2 rings (SSSR count). The van der Waals surface area contributed by atoms with Crippen molar-refractivity contribution >= 4 is 11.6 Å². The molecule has 21 heavy (non-hydrogen) atoms. The summed E-state index contributed by atoms with van der Waals surface area (Å²) in [6.45, 7) is 5.46. The van der Waals surface area contributed by atoms with Gasteiger partial charge < -0.3 is 4.90 Å². The van der Waals surface area contributed by atoms with Crippen molar-refractivity contribution in [2.75, 3.05) is 31.1 Å². The van der Waals surface area contributed by atoms with Gasteiger partial charge in [-0.25, -0.2) is 10.2 Å². The lowest BCUT2D eigenvalue weighted by molar-refractivity contribution is -0.121. The van der Waals surface area contributed by atoms with E-state index in [9.17, 15) is 9.18 Å². The van der Waals surface area contributed by atoms with E-state index in [0.29, 0.717) is 18.2 Å². The van der Waals surface area contributed by atoms with Gasteiger partial charge in [-0.2, -0.15) is 0 Å². The van der Waals surface area contributed by atoms with E-state index in [0.717, 1.165) is 32.6 Å². The highest BCUT2D eigenvalue weighted by Gasteiger charge is 2.22. The van der Waals surface area contributed by atoms with Gasteiger partial charge in [0, 0.05) is 38.6 Å². The fourth-order valence-electron chi connectivity index (χ4n) is 2.71. The minimum absolute atomic E-state index is 0.133. The third-order valence-corrected chi connectivity index (χ3v) is 4.08. The molecule has 3 N–H and O–H groups in total. The van der Waals surface area contributed by atoms with Crippen molar-refractivity contribution in [3.63, 3.8) is 0 Å². The van der Waals surface area contributed by atoms with Crippen LogP contribution in [0.2, 0.25) is 0 Å². The second kappa shape index (κ2) is 7.38. The molecule has 6 heteroatoms. The predicted octanol–water partition coefficient (Wildman–Crippen LogP) is 1.11. The van der Waals surface area contributed by atoms with Gasteiger partial charge in [0.15, 0.2) is 0 Å². The summed E-state index contributed by atoms with van der Waals surface area (Å²) in [5, 5.41) is 0. The van der Waals surface area contributed by atoms with Gasteiger partial charge in [0.1, 0.15) is 5.82 Å². The molecule has 0 bridgehead atoms. The zero-order valence-electron chi connectivity index (χ0n) is 12.4. The fourth-order valence-corrected chi connectivity index (χ4v) is 2.71. The van der Waals surface area contributed by atoms with Crippen LogP contribution in [-0.4, -0.2) is 43.0 Å². The number of amides is 1. The van der Waals surface area contributed by atoms with E-state index in [-0.39, 0.29) is 11.7 Å². The number of nitrogens with two attached hydrogens (primary N) is 1. The SMILES string of the molecule is CC(CCC(=O)NN)N1CCN(c2ccccc2F)CC1. The normalized spacial score (nSPS) is 17.6. The summed E-state index contributed by atoms with van der Waals surface area (Å²) in [4.78, 5) is 15.6. The van der Waals surface area contributed by atoms with Crippen LogP contribution in [0, 0.1) is 5.82 Å². The summed E-state index contributed by atoms with van der Waals surface area (Å²) in [5.41, 5.74) is 2.82. The molecule has 116 valence electrons. The van der Waals surface area contributed by atoms with Crippen LogP contribution in [0.5, 0.6) is 0 Å². The number of para-hydroxylation sites is 1. The third-order valence-electron chi connectivity index (χ3n) is 4.08. The molecule has 1 heterocycles. The number of benzene rings is 1. The fraction of sp³-hybridized carbons (Fsp3) is 0.533. The van der Waals surface area contributed by atoms with E-state index in [4.69, 9.17) is 5.84 Å². The average Bonchev–Trinajstić information content (AvgIpc) is 2.53. The highest BCUT2D eigenvalue weighted by Crippen LogP contribution is 2.21. The Morgan fingerprint density at radius 1 is 1.33 bits per heavy atom. The first-order chi connectivity index (χ1) is 10.1. The minimum Gasteiger partial charge on any atom is -0.367 e. The maximum atomic E-state index is 13.8. The Hall–Kier alpha value is -1.66. The first kappa shape index (κ1) is 15.7. The van der Waals surface area contributed by atoms with Gasteiger partial charge >= 0.3 is 0 Å². The lowest BCUT2D eigenvalue weighted by Crippen LogP contribution is -2.50. The number of anilines is 1. The van der Waals surface area contributed by atoms with Gasteiger partial charge in [-0.1, -0.05) is 12.1 Å². The second-order valence-corrected chi connectivity index (χ2v) is 5.43. The van der Waals surface area contributed by atoms with Gasteiger partial charge in [-0.05, 0) is 25.5 Å². The molecule has 1 atom stereocenters. The smallest absolute Gasteiger partial charge is 0.233 e. The standard InChI is InChI=1S/C15H23FN4O/c1-12(6-7-15(21)18-17)19-8-10-20(11-9-19)14-5-3-2-4-13(14)16/h2-5,12H,6-11,17H2,1H3,(H,18,21). The monoisotopic (exact) mass is 294 g/mol. The maximum Gasteiger partial charge on any atom is 0.233 e. The average molecular weight is 294 g/mol. The molecule has 1 aliphatic heterocycles. The highest BCUT2D eigenvalue weighted by atomic mass is 19.1. The molecule has 0 aliphatic carbocycles. The molecule has 0 spiro atoms. The van der Waals surface area contributed by atoms with Crippen LogP contribution in [0.25, 0.3) is 0 Å². The number of carbonyl (C=O) groups excluding carboxylic acids is 1. The van der Waals surface area contributed by atoms with Crippen LogP contribution in [0.1, 0.15) is 19.8 Å². The first-order valence-corrected chi connectivity index (χ1v) is 7.35. The summed E-state index contributed by atoms with van der Waals surface area (Å²) < 4.78 is 13.8. The van der Waals surface area contributed by atoms with Crippen molar-refractivity contribution in [3.8, 4) is 0 Å². The van der Waals surface area contributed by atoms with Crippen molar-refractivity contribution in [2.45, 2.75) is 25.8 Å². The zero-order valence-corrected chi connectivity index (χ0v) is 12.4. The van der Waals surface area contributed by atoms with Crippen molar-refractivity contribution in [1.82, 2.24) is 10.3 Å². The van der Waals surface area contributed by atoms with Gasteiger partial charge in [0.2, 0.25) is 5.91 Å². The number of hydrogen-bond acceptors (Lipinski definition) is 4. The van der Waals surface area contributed by atoms with E-state index in [1.807, 2.05) is 12.1 Å². The minimum atomic E-state index is -0.168. The van der Waals surface area contributed by atoms with E-state index >= 15 is 0 Å². The number of halogens is 1. The summed E-state index contributed by atoms with van der Waals surface area (Å²) >= 11 is 0. The molecule has 1 amide bonds. The molecule has 1 unspecified atom stereocenters. The quantitative estimate of drug-likeness (QED) is 0.485. The first-order valence-electron chi connectivity index (χ1n) is 7.35. The highest BCUT2D eigenvalue weighted by molar-refractivity contribution is 5.75. The summed E-state index contributed by atoms with van der Waals surface area (Å²) in [6, 6.07) is 7.21. The molecule has 1 saturated heterocycles. The number of carbonyl (C=O) groups is 1. The molecule has 0 radical (unpaired) electrons. The Kier molecular flexibility index (Phi) is 5.52. The number of hydrazine groups is 1. The maximum absolute atomic E-state index is 13.8. The molecule has 1 aromatic carbocycles. The van der Waals surface area contributed by atoms with Crippen molar-refractivity contribution in [3.05, 3.63) is 30.1 Å².